The van der Waals surface area contributed by atoms with Crippen LogP contribution in [0.15, 0.2) is 42.5 Å². The summed E-state index contributed by atoms with van der Waals surface area (Å²) in [6.07, 6.45) is 2.87. The predicted octanol–water partition coefficient (Wildman–Crippen LogP) is 3.98. The lowest BCUT2D eigenvalue weighted by molar-refractivity contribution is -0.137. The lowest BCUT2D eigenvalue weighted by Crippen LogP contribution is -2.17. The quantitative estimate of drug-likeness (QED) is 0.563. The second kappa shape index (κ2) is 9.23. The average Bonchev–Trinajstić information content (AvgIpc) is 2.72. The Bertz CT molecular complexity index is 1040. The molecule has 3 aromatic rings. The van der Waals surface area contributed by atoms with Gasteiger partial charge in [-0.15, -0.1) is 0 Å². The topological polar surface area (TPSA) is 92.2 Å². The Morgan fingerprint density at radius 1 is 1.00 bits per heavy atom. The van der Waals surface area contributed by atoms with Crippen LogP contribution in [0, 0.1) is 5.82 Å². The first kappa shape index (κ1) is 20.4. The number of carbonyl (C=O) groups is 2. The molecular weight excluding hydrogens is 373 g/mol. The van der Waals surface area contributed by atoms with E-state index in [1.807, 2.05) is 0 Å². The van der Waals surface area contributed by atoms with Crippen LogP contribution in [-0.4, -0.2) is 34.0 Å². The van der Waals surface area contributed by atoms with E-state index < -0.39 is 5.97 Å². The van der Waals surface area contributed by atoms with Crippen molar-refractivity contribution in [2.75, 3.05) is 7.05 Å². The summed E-state index contributed by atoms with van der Waals surface area (Å²) in [4.78, 5) is 32.0. The van der Waals surface area contributed by atoms with E-state index in [-0.39, 0.29) is 18.1 Å². The van der Waals surface area contributed by atoms with Gasteiger partial charge in [-0.25, -0.2) is 14.4 Å². The summed E-state index contributed by atoms with van der Waals surface area (Å²) < 4.78 is 13.3. The number of aliphatic carboxylic acids is 1. The van der Waals surface area contributed by atoms with Gasteiger partial charge in [0, 0.05) is 24.6 Å². The first-order chi connectivity index (χ1) is 14.0. The number of unbranched alkanes of at least 4 members (excludes halogenated alkanes) is 2. The van der Waals surface area contributed by atoms with E-state index in [2.05, 4.69) is 5.32 Å². The van der Waals surface area contributed by atoms with Crippen molar-refractivity contribution in [1.82, 2.24) is 15.3 Å². The van der Waals surface area contributed by atoms with Crippen LogP contribution in [0.2, 0.25) is 0 Å². The van der Waals surface area contributed by atoms with E-state index in [0.29, 0.717) is 35.1 Å². The summed E-state index contributed by atoms with van der Waals surface area (Å²) in [7, 11) is 1.57. The van der Waals surface area contributed by atoms with Gasteiger partial charge in [-0.3, -0.25) is 9.59 Å². The highest BCUT2D eigenvalue weighted by Crippen LogP contribution is 2.26. The zero-order valence-corrected chi connectivity index (χ0v) is 16.1. The normalized spacial score (nSPS) is 10.8. The molecular formula is C22H22FN3O3. The molecule has 3 rings (SSSR count). The number of fused-ring (bicyclic) bond motifs is 1. The van der Waals surface area contributed by atoms with Crippen LogP contribution < -0.4 is 5.32 Å². The van der Waals surface area contributed by atoms with Gasteiger partial charge in [-0.2, -0.15) is 0 Å². The number of nitrogens with zero attached hydrogens (tertiary/aromatic N) is 2. The maximum absolute atomic E-state index is 13.3. The number of aromatic nitrogens is 2. The molecule has 0 bridgehead atoms. The number of hydrogen-bond donors (Lipinski definition) is 2. The van der Waals surface area contributed by atoms with Crippen molar-refractivity contribution in [3.63, 3.8) is 0 Å². The first-order valence-electron chi connectivity index (χ1n) is 9.48. The van der Waals surface area contributed by atoms with Gasteiger partial charge in [0.25, 0.3) is 5.91 Å². The molecule has 1 amide bonds. The molecule has 0 spiro atoms. The van der Waals surface area contributed by atoms with Crippen LogP contribution in [0.3, 0.4) is 0 Å². The molecule has 2 aromatic carbocycles. The van der Waals surface area contributed by atoms with E-state index in [0.717, 1.165) is 24.1 Å². The second-order valence-electron chi connectivity index (χ2n) is 6.76. The number of carbonyl (C=O) groups excluding carboxylic acids is 1. The molecule has 1 aromatic heterocycles. The van der Waals surface area contributed by atoms with Gasteiger partial charge in [0.15, 0.2) is 0 Å². The Hall–Kier alpha value is -3.35. The second-order valence-corrected chi connectivity index (χ2v) is 6.76. The van der Waals surface area contributed by atoms with Gasteiger partial charge >= 0.3 is 5.97 Å². The minimum absolute atomic E-state index is 0.143. The lowest BCUT2D eigenvalue weighted by atomic mass is 10.0. The fraction of sp³-hybridized carbons (Fsp3) is 0.273. The first-order valence-corrected chi connectivity index (χ1v) is 9.48. The molecule has 29 heavy (non-hydrogen) atoms. The highest BCUT2D eigenvalue weighted by molar-refractivity contribution is 5.97. The summed E-state index contributed by atoms with van der Waals surface area (Å²) in [5, 5.41) is 11.4. The van der Waals surface area contributed by atoms with Crippen molar-refractivity contribution in [3.8, 4) is 11.3 Å². The Morgan fingerprint density at radius 3 is 2.45 bits per heavy atom. The molecule has 7 heteroatoms. The molecule has 0 atom stereocenters. The van der Waals surface area contributed by atoms with Gasteiger partial charge in [-0.05, 0) is 61.7 Å². The lowest BCUT2D eigenvalue weighted by Gasteiger charge is -2.11. The number of carboxylic acid groups (broad SMARTS) is 1. The zero-order valence-electron chi connectivity index (χ0n) is 16.1. The largest absolute Gasteiger partial charge is 0.481 e. The van der Waals surface area contributed by atoms with Crippen molar-refractivity contribution in [2.45, 2.75) is 32.1 Å². The van der Waals surface area contributed by atoms with E-state index in [1.54, 1.807) is 37.4 Å². The SMILES string of the molecule is CNC(=O)c1ccc2nc(-c3ccc(F)cc3)c(CCCCCC(=O)O)nc2c1. The highest BCUT2D eigenvalue weighted by Gasteiger charge is 2.13. The van der Waals surface area contributed by atoms with Crippen LogP contribution in [0.4, 0.5) is 4.39 Å². The third-order valence-corrected chi connectivity index (χ3v) is 4.65. The molecule has 6 nitrogen and oxygen atoms in total. The third kappa shape index (κ3) is 5.13. The zero-order chi connectivity index (χ0) is 20.8. The van der Waals surface area contributed by atoms with Crippen LogP contribution in [0.1, 0.15) is 41.7 Å². The summed E-state index contributed by atoms with van der Waals surface area (Å²) in [6.45, 7) is 0. The van der Waals surface area contributed by atoms with Gasteiger partial charge < -0.3 is 10.4 Å². The Balaban J connectivity index is 1.95. The van der Waals surface area contributed by atoms with E-state index in [1.165, 1.54) is 12.1 Å². The van der Waals surface area contributed by atoms with Crippen molar-refractivity contribution in [3.05, 3.63) is 59.5 Å². The maximum Gasteiger partial charge on any atom is 0.303 e. The number of halogens is 1. The van der Waals surface area contributed by atoms with Crippen LogP contribution in [0.5, 0.6) is 0 Å². The molecule has 0 saturated heterocycles. The molecule has 0 aliphatic rings. The minimum atomic E-state index is -0.802. The van der Waals surface area contributed by atoms with E-state index in [9.17, 15) is 14.0 Å². The van der Waals surface area contributed by atoms with Gasteiger partial charge in [0.2, 0.25) is 0 Å². The van der Waals surface area contributed by atoms with Crippen LogP contribution >= 0.6 is 0 Å². The monoisotopic (exact) mass is 395 g/mol. The standard InChI is InChI=1S/C22H22FN3O3/c1-24-22(29)15-9-12-17-19(13-15)25-18(5-3-2-4-6-20(27)28)21(26-17)14-7-10-16(23)11-8-14/h7-13H,2-6H2,1H3,(H,24,29)(H,27,28). The molecule has 0 aliphatic carbocycles. The predicted molar refractivity (Wildman–Crippen MR) is 108 cm³/mol. The average molecular weight is 395 g/mol. The highest BCUT2D eigenvalue weighted by atomic mass is 19.1. The number of nitrogens with one attached hydrogen (secondary N) is 1. The number of rotatable bonds is 8. The molecule has 0 unspecified atom stereocenters. The summed E-state index contributed by atoms with van der Waals surface area (Å²) in [5.74, 6) is -1.33. The number of carboxylic acids is 1. The molecule has 0 aliphatic heterocycles. The summed E-state index contributed by atoms with van der Waals surface area (Å²) in [6, 6.07) is 11.2. The van der Waals surface area contributed by atoms with Gasteiger partial charge in [0.05, 0.1) is 22.4 Å². The molecule has 0 fully saturated rings. The smallest absolute Gasteiger partial charge is 0.303 e. The molecule has 150 valence electrons. The van der Waals surface area contributed by atoms with Gasteiger partial charge in [0.1, 0.15) is 5.82 Å². The van der Waals surface area contributed by atoms with Gasteiger partial charge in [-0.1, -0.05) is 6.42 Å². The van der Waals surface area contributed by atoms with Crippen molar-refractivity contribution < 1.29 is 19.1 Å². The minimum Gasteiger partial charge on any atom is -0.481 e. The summed E-state index contributed by atoms with van der Waals surface area (Å²) >= 11 is 0. The number of benzene rings is 2. The summed E-state index contributed by atoms with van der Waals surface area (Å²) in [5.41, 5.74) is 3.92. The number of aryl methyl sites for hydroxylation is 1. The fourth-order valence-corrected chi connectivity index (χ4v) is 3.14. The molecule has 2 N–H and O–H groups in total. The van der Waals surface area contributed by atoms with Crippen LogP contribution in [-0.2, 0) is 11.2 Å². The third-order valence-electron chi connectivity index (χ3n) is 4.65. The molecule has 0 radical (unpaired) electrons. The van der Waals surface area contributed by atoms with Crippen LogP contribution in [0.25, 0.3) is 22.3 Å². The number of hydrogen-bond acceptors (Lipinski definition) is 4. The number of amides is 1. The van der Waals surface area contributed by atoms with E-state index >= 15 is 0 Å². The Kier molecular flexibility index (Phi) is 6.49. The molecule has 0 saturated carbocycles. The Labute approximate surface area is 167 Å². The van der Waals surface area contributed by atoms with Crippen molar-refractivity contribution in [1.29, 1.82) is 0 Å². The van der Waals surface area contributed by atoms with E-state index in [4.69, 9.17) is 15.1 Å². The molecule has 1 heterocycles. The Morgan fingerprint density at radius 2 is 1.76 bits per heavy atom. The maximum atomic E-state index is 13.3. The van der Waals surface area contributed by atoms with Crippen molar-refractivity contribution in [2.24, 2.45) is 0 Å². The van der Waals surface area contributed by atoms with Crippen molar-refractivity contribution >= 4 is 22.9 Å². The fourth-order valence-electron chi connectivity index (χ4n) is 3.14.